The number of nitrogens with one attached hydrogen (secondary N) is 1. The number of H-pyrrole nitrogens is 1. The Morgan fingerprint density at radius 1 is 1.53 bits per heavy atom. The number of rotatable bonds is 3. The first-order valence-electron chi connectivity index (χ1n) is 5.65. The first-order valence-corrected chi connectivity index (χ1v) is 6.06. The molecule has 1 aliphatic heterocycles. The number of hydrogen-bond donors (Lipinski definition) is 1. The summed E-state index contributed by atoms with van der Waals surface area (Å²) in [5.74, 6) is 0. The van der Waals surface area contributed by atoms with E-state index in [9.17, 15) is 0 Å². The van der Waals surface area contributed by atoms with E-state index in [1.54, 1.807) is 0 Å². The zero-order chi connectivity index (χ0) is 10.7. The molecule has 0 bridgehead atoms. The van der Waals surface area contributed by atoms with Crippen molar-refractivity contribution >= 4 is 12.2 Å². The summed E-state index contributed by atoms with van der Waals surface area (Å²) in [5, 5.41) is 6.79. The van der Waals surface area contributed by atoms with Crippen LogP contribution >= 0.6 is 12.2 Å². The Hall–Kier alpha value is -0.680. The molecule has 0 aliphatic carbocycles. The van der Waals surface area contributed by atoms with Crippen molar-refractivity contribution in [2.75, 3.05) is 19.6 Å². The highest BCUT2D eigenvalue weighted by molar-refractivity contribution is 7.71. The molecule has 0 spiro atoms. The molecule has 15 heavy (non-hydrogen) atoms. The van der Waals surface area contributed by atoms with Gasteiger partial charge < -0.3 is 9.47 Å². The third-order valence-electron chi connectivity index (χ3n) is 3.07. The number of piperidine rings is 1. The van der Waals surface area contributed by atoms with Crippen LogP contribution in [0.15, 0.2) is 6.33 Å². The second-order valence-corrected chi connectivity index (χ2v) is 4.53. The summed E-state index contributed by atoms with van der Waals surface area (Å²) >= 11 is 5.18. The molecule has 1 fully saturated rings. The largest absolute Gasteiger partial charge is 0.304 e. The zero-order valence-corrected chi connectivity index (χ0v) is 9.96. The summed E-state index contributed by atoms with van der Waals surface area (Å²) in [6.45, 7) is 5.83. The van der Waals surface area contributed by atoms with E-state index in [0.717, 1.165) is 4.77 Å². The van der Waals surface area contributed by atoms with Gasteiger partial charge >= 0.3 is 0 Å². The molecule has 4 nitrogen and oxygen atoms in total. The predicted molar refractivity (Wildman–Crippen MR) is 62.4 cm³/mol. The van der Waals surface area contributed by atoms with Gasteiger partial charge in [0.15, 0.2) is 4.77 Å². The minimum atomic E-state index is 0.546. The smallest absolute Gasteiger partial charge is 0.195 e. The van der Waals surface area contributed by atoms with Crippen LogP contribution in [0.5, 0.6) is 0 Å². The van der Waals surface area contributed by atoms with Crippen LogP contribution in [0.4, 0.5) is 0 Å². The standard InChI is InChI=1S/C10H18N4S/c1-2-5-13-6-3-9(4-7-13)14-8-11-12-10(14)15/h8-9H,2-7H2,1H3,(H,12,15). The van der Waals surface area contributed by atoms with E-state index in [4.69, 9.17) is 12.2 Å². The van der Waals surface area contributed by atoms with Crippen LogP contribution in [0.25, 0.3) is 0 Å². The van der Waals surface area contributed by atoms with Crippen molar-refractivity contribution in [2.24, 2.45) is 0 Å². The van der Waals surface area contributed by atoms with E-state index in [2.05, 4.69) is 26.6 Å². The van der Waals surface area contributed by atoms with Crippen molar-refractivity contribution in [1.29, 1.82) is 0 Å². The van der Waals surface area contributed by atoms with Crippen LogP contribution in [0, 0.1) is 4.77 Å². The van der Waals surface area contributed by atoms with Crippen LogP contribution in [0.1, 0.15) is 32.2 Å². The maximum atomic E-state index is 5.18. The number of hydrogen-bond acceptors (Lipinski definition) is 3. The molecule has 1 aliphatic rings. The van der Waals surface area contributed by atoms with Gasteiger partial charge in [-0.15, -0.1) is 0 Å². The molecule has 0 saturated carbocycles. The lowest BCUT2D eigenvalue weighted by atomic mass is 10.1. The van der Waals surface area contributed by atoms with Crippen LogP contribution in [0.3, 0.4) is 0 Å². The Bertz CT molecular complexity index is 348. The molecule has 0 atom stereocenters. The highest BCUT2D eigenvalue weighted by atomic mass is 32.1. The monoisotopic (exact) mass is 226 g/mol. The first kappa shape index (κ1) is 10.8. The molecular formula is C10H18N4S. The molecule has 1 aromatic heterocycles. The fraction of sp³-hybridized carbons (Fsp3) is 0.800. The Labute approximate surface area is 95.3 Å². The summed E-state index contributed by atoms with van der Waals surface area (Å²) in [6.07, 6.45) is 5.44. The quantitative estimate of drug-likeness (QED) is 0.801. The minimum Gasteiger partial charge on any atom is -0.304 e. The van der Waals surface area contributed by atoms with Crippen LogP contribution < -0.4 is 0 Å². The van der Waals surface area contributed by atoms with Gasteiger partial charge in [0, 0.05) is 19.1 Å². The minimum absolute atomic E-state index is 0.546. The molecule has 2 rings (SSSR count). The van der Waals surface area contributed by atoms with Crippen molar-refractivity contribution < 1.29 is 0 Å². The van der Waals surface area contributed by atoms with Crippen LogP contribution in [-0.4, -0.2) is 39.3 Å². The summed E-state index contributed by atoms with van der Waals surface area (Å²) in [7, 11) is 0. The second kappa shape index (κ2) is 4.90. The molecule has 0 unspecified atom stereocenters. The summed E-state index contributed by atoms with van der Waals surface area (Å²) < 4.78 is 2.85. The average Bonchev–Trinajstić information content (AvgIpc) is 2.66. The Morgan fingerprint density at radius 2 is 2.27 bits per heavy atom. The average molecular weight is 226 g/mol. The van der Waals surface area contributed by atoms with Gasteiger partial charge in [-0.2, -0.15) is 5.10 Å². The summed E-state index contributed by atoms with van der Waals surface area (Å²) in [4.78, 5) is 2.53. The Morgan fingerprint density at radius 3 is 2.80 bits per heavy atom. The van der Waals surface area contributed by atoms with E-state index < -0.39 is 0 Å². The van der Waals surface area contributed by atoms with Crippen molar-refractivity contribution in [1.82, 2.24) is 19.7 Å². The number of nitrogens with zero attached hydrogens (tertiary/aromatic N) is 3. The van der Waals surface area contributed by atoms with Gasteiger partial charge in [0.2, 0.25) is 0 Å². The summed E-state index contributed by atoms with van der Waals surface area (Å²) in [5.41, 5.74) is 0. The third kappa shape index (κ3) is 2.46. The normalized spacial score (nSPS) is 19.5. The van der Waals surface area contributed by atoms with Crippen molar-refractivity contribution in [3.8, 4) is 0 Å². The van der Waals surface area contributed by atoms with Crippen molar-refractivity contribution in [2.45, 2.75) is 32.2 Å². The highest BCUT2D eigenvalue weighted by Crippen LogP contribution is 2.22. The van der Waals surface area contributed by atoms with Crippen molar-refractivity contribution in [3.63, 3.8) is 0 Å². The van der Waals surface area contributed by atoms with E-state index in [-0.39, 0.29) is 0 Å². The van der Waals surface area contributed by atoms with Crippen molar-refractivity contribution in [3.05, 3.63) is 11.1 Å². The molecule has 1 aromatic rings. The van der Waals surface area contributed by atoms with Gasteiger partial charge in [0.25, 0.3) is 0 Å². The molecule has 0 aromatic carbocycles. The molecule has 1 N–H and O–H groups in total. The molecule has 84 valence electrons. The van der Waals surface area contributed by atoms with E-state index in [0.29, 0.717) is 6.04 Å². The van der Waals surface area contributed by atoms with Gasteiger partial charge in [-0.3, -0.25) is 5.10 Å². The van der Waals surface area contributed by atoms with Crippen LogP contribution in [-0.2, 0) is 0 Å². The molecule has 0 radical (unpaired) electrons. The molecule has 5 heteroatoms. The topological polar surface area (TPSA) is 36.9 Å². The molecular weight excluding hydrogens is 208 g/mol. The predicted octanol–water partition coefficient (Wildman–Crippen LogP) is 1.99. The summed E-state index contributed by atoms with van der Waals surface area (Å²) in [6, 6.07) is 0.546. The fourth-order valence-electron chi connectivity index (χ4n) is 2.25. The van der Waals surface area contributed by atoms with Gasteiger partial charge in [0.05, 0.1) is 0 Å². The van der Waals surface area contributed by atoms with Gasteiger partial charge in [-0.25, -0.2) is 0 Å². The fourth-order valence-corrected chi connectivity index (χ4v) is 2.50. The first-order chi connectivity index (χ1) is 7.31. The molecule has 0 amide bonds. The molecule has 2 heterocycles. The van der Waals surface area contributed by atoms with E-state index >= 15 is 0 Å². The lowest BCUT2D eigenvalue weighted by Gasteiger charge is -2.31. The van der Waals surface area contributed by atoms with E-state index in [1.807, 2.05) is 6.33 Å². The Kier molecular flexibility index (Phi) is 3.53. The SMILES string of the molecule is CCCN1CCC(n2cn[nH]c2=S)CC1. The number of aromatic amines is 1. The van der Waals surface area contributed by atoms with Gasteiger partial charge in [-0.05, 0) is 38.0 Å². The highest BCUT2D eigenvalue weighted by Gasteiger charge is 2.20. The molecule has 1 saturated heterocycles. The van der Waals surface area contributed by atoms with Gasteiger partial charge in [-0.1, -0.05) is 6.92 Å². The third-order valence-corrected chi connectivity index (χ3v) is 3.37. The second-order valence-electron chi connectivity index (χ2n) is 4.14. The maximum Gasteiger partial charge on any atom is 0.195 e. The maximum absolute atomic E-state index is 5.18. The lowest BCUT2D eigenvalue weighted by molar-refractivity contribution is 0.186. The lowest BCUT2D eigenvalue weighted by Crippen LogP contribution is -2.35. The number of likely N-dealkylation sites (tertiary alicyclic amines) is 1. The van der Waals surface area contributed by atoms with E-state index in [1.165, 1.54) is 38.9 Å². The number of aromatic nitrogens is 3. The Balaban J connectivity index is 1.94. The van der Waals surface area contributed by atoms with Gasteiger partial charge in [0.1, 0.15) is 6.33 Å². The van der Waals surface area contributed by atoms with Crippen LogP contribution in [0.2, 0.25) is 0 Å². The zero-order valence-electron chi connectivity index (χ0n) is 9.15.